The van der Waals surface area contributed by atoms with E-state index in [1.54, 1.807) is 32.9 Å². The highest BCUT2D eigenvalue weighted by atomic mass is 16.5. The molecular formula is C18H23NO4. The zero-order valence-corrected chi connectivity index (χ0v) is 14.5. The van der Waals surface area contributed by atoms with E-state index < -0.39 is 0 Å². The second kappa shape index (κ2) is 6.87. The largest absolute Gasteiger partial charge is 0.496 e. The van der Waals surface area contributed by atoms with Crippen molar-refractivity contribution in [2.45, 2.75) is 20.5 Å². The lowest BCUT2D eigenvalue weighted by atomic mass is 9.99. The van der Waals surface area contributed by atoms with Crippen LogP contribution in [-0.2, 0) is 18.4 Å². The Labute approximate surface area is 136 Å². The van der Waals surface area contributed by atoms with Crippen LogP contribution in [0.2, 0.25) is 0 Å². The van der Waals surface area contributed by atoms with Crippen molar-refractivity contribution in [3.8, 4) is 22.6 Å². The van der Waals surface area contributed by atoms with Crippen LogP contribution in [0.5, 0.6) is 11.5 Å². The standard InChI is InChI=1S/C18H23NO4/c1-11-7-14(12(2)19(3)18(11)20)13-8-16(22-5)15(10-21-4)17(9-13)23-6/h7-9H,10H2,1-6H3. The minimum absolute atomic E-state index is 0.0150. The van der Waals surface area contributed by atoms with Gasteiger partial charge in [-0.15, -0.1) is 0 Å². The number of ether oxygens (including phenoxy) is 3. The molecule has 1 aromatic carbocycles. The summed E-state index contributed by atoms with van der Waals surface area (Å²) in [6.07, 6.45) is 0. The van der Waals surface area contributed by atoms with Gasteiger partial charge in [0.15, 0.2) is 0 Å². The number of aromatic nitrogens is 1. The Kier molecular flexibility index (Phi) is 5.11. The molecule has 0 N–H and O–H groups in total. The smallest absolute Gasteiger partial charge is 0.253 e. The zero-order valence-electron chi connectivity index (χ0n) is 14.5. The molecule has 1 heterocycles. The molecule has 0 atom stereocenters. The second-order valence-corrected chi connectivity index (χ2v) is 5.48. The molecule has 2 aromatic rings. The molecule has 0 aliphatic rings. The molecule has 5 heteroatoms. The van der Waals surface area contributed by atoms with Crippen molar-refractivity contribution >= 4 is 0 Å². The van der Waals surface area contributed by atoms with E-state index in [9.17, 15) is 4.79 Å². The van der Waals surface area contributed by atoms with E-state index in [1.165, 1.54) is 0 Å². The molecule has 124 valence electrons. The molecule has 2 rings (SSSR count). The molecular weight excluding hydrogens is 294 g/mol. The SMILES string of the molecule is COCc1c(OC)cc(-c2cc(C)c(=O)n(C)c2C)cc1OC. The summed E-state index contributed by atoms with van der Waals surface area (Å²) in [5.41, 5.74) is 4.39. The molecule has 0 aliphatic carbocycles. The fraction of sp³-hybridized carbons (Fsp3) is 0.389. The Morgan fingerprint density at radius 2 is 1.57 bits per heavy atom. The van der Waals surface area contributed by atoms with Gasteiger partial charge in [-0.2, -0.15) is 0 Å². The van der Waals surface area contributed by atoms with Crippen molar-refractivity contribution in [2.24, 2.45) is 7.05 Å². The molecule has 0 unspecified atom stereocenters. The van der Waals surface area contributed by atoms with Crippen LogP contribution < -0.4 is 15.0 Å². The highest BCUT2D eigenvalue weighted by Gasteiger charge is 2.16. The fourth-order valence-corrected chi connectivity index (χ4v) is 2.70. The minimum Gasteiger partial charge on any atom is -0.496 e. The highest BCUT2D eigenvalue weighted by Crippen LogP contribution is 2.36. The lowest BCUT2D eigenvalue weighted by Crippen LogP contribution is -2.21. The minimum atomic E-state index is 0.0150. The van der Waals surface area contributed by atoms with Crippen molar-refractivity contribution in [2.75, 3.05) is 21.3 Å². The van der Waals surface area contributed by atoms with E-state index in [0.29, 0.717) is 23.7 Å². The number of hydrogen-bond donors (Lipinski definition) is 0. The zero-order chi connectivity index (χ0) is 17.1. The Morgan fingerprint density at radius 1 is 1.00 bits per heavy atom. The second-order valence-electron chi connectivity index (χ2n) is 5.48. The first-order chi connectivity index (χ1) is 10.9. The van der Waals surface area contributed by atoms with Crippen LogP contribution in [0, 0.1) is 13.8 Å². The topological polar surface area (TPSA) is 49.7 Å². The van der Waals surface area contributed by atoms with Crippen molar-refractivity contribution in [1.29, 1.82) is 0 Å². The van der Waals surface area contributed by atoms with Gasteiger partial charge < -0.3 is 18.8 Å². The maximum atomic E-state index is 12.1. The van der Waals surface area contributed by atoms with E-state index in [1.807, 2.05) is 32.0 Å². The molecule has 0 spiro atoms. The van der Waals surface area contributed by atoms with Gasteiger partial charge in [-0.1, -0.05) is 0 Å². The van der Waals surface area contributed by atoms with Gasteiger partial charge in [0.05, 0.1) is 26.4 Å². The summed E-state index contributed by atoms with van der Waals surface area (Å²) in [7, 11) is 6.66. The van der Waals surface area contributed by atoms with Crippen LogP contribution in [0.3, 0.4) is 0 Å². The molecule has 0 amide bonds. The summed E-state index contributed by atoms with van der Waals surface area (Å²) in [5.74, 6) is 1.40. The Hall–Kier alpha value is -2.27. The molecule has 0 saturated carbocycles. The fourth-order valence-electron chi connectivity index (χ4n) is 2.70. The Bertz CT molecular complexity index is 752. The first kappa shape index (κ1) is 17.1. The predicted octanol–water partition coefficient (Wildman–Crippen LogP) is 2.83. The summed E-state index contributed by atoms with van der Waals surface area (Å²) in [4.78, 5) is 12.1. The maximum absolute atomic E-state index is 12.1. The number of rotatable bonds is 5. The van der Waals surface area contributed by atoms with Crippen LogP contribution in [0.4, 0.5) is 0 Å². The van der Waals surface area contributed by atoms with Gasteiger partial charge in [-0.3, -0.25) is 4.79 Å². The third-order valence-corrected chi connectivity index (χ3v) is 4.10. The number of benzene rings is 1. The van der Waals surface area contributed by atoms with E-state index >= 15 is 0 Å². The number of pyridine rings is 1. The first-order valence-electron chi connectivity index (χ1n) is 7.36. The van der Waals surface area contributed by atoms with Crippen LogP contribution in [0.25, 0.3) is 11.1 Å². The summed E-state index contributed by atoms with van der Waals surface area (Å²) in [5, 5.41) is 0. The lowest BCUT2D eigenvalue weighted by molar-refractivity contribution is 0.178. The molecule has 1 aromatic heterocycles. The summed E-state index contributed by atoms with van der Waals surface area (Å²) in [6, 6.07) is 5.80. The number of aryl methyl sites for hydroxylation is 1. The average Bonchev–Trinajstić information content (AvgIpc) is 2.56. The lowest BCUT2D eigenvalue weighted by Gasteiger charge is -2.17. The third-order valence-electron chi connectivity index (χ3n) is 4.10. The van der Waals surface area contributed by atoms with Crippen molar-refractivity contribution in [3.05, 3.63) is 45.4 Å². The van der Waals surface area contributed by atoms with E-state index in [4.69, 9.17) is 14.2 Å². The molecule has 0 aliphatic heterocycles. The average molecular weight is 317 g/mol. The van der Waals surface area contributed by atoms with Gasteiger partial charge in [0.1, 0.15) is 11.5 Å². The summed E-state index contributed by atoms with van der Waals surface area (Å²) < 4.78 is 17.9. The van der Waals surface area contributed by atoms with Crippen molar-refractivity contribution in [1.82, 2.24) is 4.57 Å². The van der Waals surface area contributed by atoms with Crippen LogP contribution in [0.15, 0.2) is 23.0 Å². The molecule has 5 nitrogen and oxygen atoms in total. The normalized spacial score (nSPS) is 10.7. The molecule has 0 saturated heterocycles. The van der Waals surface area contributed by atoms with Gasteiger partial charge in [-0.05, 0) is 37.6 Å². The van der Waals surface area contributed by atoms with Gasteiger partial charge in [0, 0.05) is 31.0 Å². The Balaban J connectivity index is 2.72. The highest BCUT2D eigenvalue weighted by molar-refractivity contribution is 5.71. The van der Waals surface area contributed by atoms with E-state index in [2.05, 4.69) is 0 Å². The molecule has 0 fully saturated rings. The van der Waals surface area contributed by atoms with Gasteiger partial charge >= 0.3 is 0 Å². The van der Waals surface area contributed by atoms with Crippen molar-refractivity contribution < 1.29 is 14.2 Å². The predicted molar refractivity (Wildman–Crippen MR) is 90.4 cm³/mol. The van der Waals surface area contributed by atoms with Gasteiger partial charge in [0.2, 0.25) is 0 Å². The van der Waals surface area contributed by atoms with Gasteiger partial charge in [-0.25, -0.2) is 0 Å². The summed E-state index contributed by atoms with van der Waals surface area (Å²) >= 11 is 0. The maximum Gasteiger partial charge on any atom is 0.253 e. The van der Waals surface area contributed by atoms with Gasteiger partial charge in [0.25, 0.3) is 5.56 Å². The molecule has 0 radical (unpaired) electrons. The van der Waals surface area contributed by atoms with Crippen LogP contribution in [-0.4, -0.2) is 25.9 Å². The third kappa shape index (κ3) is 3.10. The summed E-state index contributed by atoms with van der Waals surface area (Å²) in [6.45, 7) is 4.15. The monoisotopic (exact) mass is 317 g/mol. The van der Waals surface area contributed by atoms with E-state index in [0.717, 1.165) is 22.4 Å². The first-order valence-corrected chi connectivity index (χ1v) is 7.36. The molecule has 0 bridgehead atoms. The number of nitrogens with zero attached hydrogens (tertiary/aromatic N) is 1. The quantitative estimate of drug-likeness (QED) is 0.851. The number of methoxy groups -OCH3 is 3. The molecule has 23 heavy (non-hydrogen) atoms. The van der Waals surface area contributed by atoms with Crippen LogP contribution >= 0.6 is 0 Å². The van der Waals surface area contributed by atoms with Crippen molar-refractivity contribution in [3.63, 3.8) is 0 Å². The van der Waals surface area contributed by atoms with E-state index in [-0.39, 0.29) is 5.56 Å². The number of hydrogen-bond acceptors (Lipinski definition) is 4. The Morgan fingerprint density at radius 3 is 2.04 bits per heavy atom. The van der Waals surface area contributed by atoms with Crippen LogP contribution in [0.1, 0.15) is 16.8 Å².